The molecule has 0 aromatic carbocycles. The monoisotopic (exact) mass is 678 g/mol. The van der Waals surface area contributed by atoms with E-state index < -0.39 is 69.2 Å². The van der Waals surface area contributed by atoms with Gasteiger partial charge in [0, 0.05) is 43.9 Å². The third-order valence-electron chi connectivity index (χ3n) is 8.27. The van der Waals surface area contributed by atoms with Crippen LogP contribution in [0, 0.1) is 11.8 Å². The first kappa shape index (κ1) is 42.4. The summed E-state index contributed by atoms with van der Waals surface area (Å²) in [5.41, 5.74) is 0. The van der Waals surface area contributed by atoms with Crippen LogP contribution in [0.5, 0.6) is 0 Å². The molecule has 0 bridgehead atoms. The van der Waals surface area contributed by atoms with Crippen LogP contribution >= 0.6 is 7.82 Å². The fourth-order valence-electron chi connectivity index (χ4n) is 5.60. The number of ketones is 1. The Balaban J connectivity index is 2.43. The number of rotatable bonds is 27. The van der Waals surface area contributed by atoms with Gasteiger partial charge >= 0.3 is 19.8 Å². The van der Waals surface area contributed by atoms with Gasteiger partial charge in [-0.1, -0.05) is 83.8 Å². The van der Waals surface area contributed by atoms with Crippen molar-refractivity contribution < 1.29 is 58.1 Å². The summed E-state index contributed by atoms with van der Waals surface area (Å²) in [6.45, 7) is 3.16. The van der Waals surface area contributed by atoms with Gasteiger partial charge in [0.15, 0.2) is 6.10 Å². The van der Waals surface area contributed by atoms with Gasteiger partial charge in [-0.05, 0) is 25.7 Å². The lowest BCUT2D eigenvalue weighted by Crippen LogP contribution is -2.29. The van der Waals surface area contributed by atoms with Crippen molar-refractivity contribution in [3.8, 4) is 0 Å². The van der Waals surface area contributed by atoms with Gasteiger partial charge in [0.25, 0.3) is 0 Å². The molecule has 268 valence electrons. The normalized spacial score (nSPS) is 21.4. The van der Waals surface area contributed by atoms with Gasteiger partial charge in [-0.3, -0.25) is 18.9 Å². The number of carbonyl (C=O) groups is 3. The van der Waals surface area contributed by atoms with Crippen molar-refractivity contribution in [2.24, 2.45) is 11.8 Å². The molecule has 0 amide bonds. The van der Waals surface area contributed by atoms with E-state index in [0.29, 0.717) is 25.7 Å². The lowest BCUT2D eigenvalue weighted by molar-refractivity contribution is -0.161. The number of unbranched alkanes of at least 4 members (excludes halogenated alkanes) is 9. The second-order valence-corrected chi connectivity index (χ2v) is 13.7. The SMILES string of the molecule is CCCCCCCCCC(=O)O[C@H](COC(=O)CCCCC(=O)C[C@@H]1[C@@H](/C=C/[C@@H](O)CCCCC)[C@H](O)C[C@@H]1O)COP(=O)(O)O. The molecule has 12 nitrogen and oxygen atoms in total. The molecule has 0 heterocycles. The average Bonchev–Trinajstić information content (AvgIpc) is 3.25. The summed E-state index contributed by atoms with van der Waals surface area (Å²) in [5.74, 6) is -2.16. The fourth-order valence-corrected chi connectivity index (χ4v) is 5.96. The lowest BCUT2D eigenvalue weighted by Gasteiger charge is -2.20. The van der Waals surface area contributed by atoms with Gasteiger partial charge in [0.1, 0.15) is 12.4 Å². The first-order valence-electron chi connectivity index (χ1n) is 17.2. The van der Waals surface area contributed by atoms with Crippen LogP contribution in [0.15, 0.2) is 12.2 Å². The fraction of sp³-hybridized carbons (Fsp3) is 0.848. The Bertz CT molecular complexity index is 936. The van der Waals surface area contributed by atoms with Crippen LogP contribution in [-0.2, 0) is 32.9 Å². The average molecular weight is 679 g/mol. The molecule has 0 radical (unpaired) electrons. The van der Waals surface area contributed by atoms with Crippen molar-refractivity contribution >= 4 is 25.5 Å². The highest BCUT2D eigenvalue weighted by atomic mass is 31.2. The quantitative estimate of drug-likeness (QED) is 0.0335. The number of phosphoric ester groups is 1. The zero-order chi connectivity index (χ0) is 34.4. The van der Waals surface area contributed by atoms with E-state index in [9.17, 15) is 34.3 Å². The molecular formula is C33H59O12P. The maximum atomic E-state index is 12.7. The number of hydrogen-bond donors (Lipinski definition) is 5. The Kier molecular flexibility index (Phi) is 22.5. The molecule has 1 rings (SSSR count). The molecule has 0 spiro atoms. The molecule has 0 aliphatic heterocycles. The molecular weight excluding hydrogens is 619 g/mol. The van der Waals surface area contributed by atoms with E-state index in [1.54, 1.807) is 12.2 Å². The molecule has 6 atom stereocenters. The molecule has 0 saturated heterocycles. The largest absolute Gasteiger partial charge is 0.469 e. The van der Waals surface area contributed by atoms with Crippen molar-refractivity contribution in [2.45, 2.75) is 154 Å². The van der Waals surface area contributed by atoms with Crippen LogP contribution in [0.1, 0.15) is 129 Å². The van der Waals surface area contributed by atoms with Crippen molar-refractivity contribution in [1.82, 2.24) is 0 Å². The predicted molar refractivity (Wildman–Crippen MR) is 172 cm³/mol. The highest BCUT2D eigenvalue weighted by Crippen LogP contribution is 2.37. The molecule has 1 aliphatic carbocycles. The zero-order valence-electron chi connectivity index (χ0n) is 27.8. The van der Waals surface area contributed by atoms with Crippen LogP contribution in [-0.4, -0.2) is 80.5 Å². The van der Waals surface area contributed by atoms with Gasteiger partial charge in [-0.15, -0.1) is 0 Å². The number of aliphatic hydroxyl groups excluding tert-OH is 3. The maximum absolute atomic E-state index is 12.7. The molecule has 5 N–H and O–H groups in total. The van der Waals surface area contributed by atoms with Crippen molar-refractivity contribution in [2.75, 3.05) is 13.2 Å². The molecule has 1 aliphatic rings. The predicted octanol–water partition coefficient (Wildman–Crippen LogP) is 5.07. The zero-order valence-corrected chi connectivity index (χ0v) is 28.7. The third kappa shape index (κ3) is 20.5. The molecule has 1 fully saturated rings. The lowest BCUT2D eigenvalue weighted by atomic mass is 9.87. The summed E-state index contributed by atoms with van der Waals surface area (Å²) in [6, 6.07) is 0. The summed E-state index contributed by atoms with van der Waals surface area (Å²) in [4.78, 5) is 55.2. The second-order valence-electron chi connectivity index (χ2n) is 12.5. The summed E-state index contributed by atoms with van der Waals surface area (Å²) in [6.07, 6.45) is 11.9. The van der Waals surface area contributed by atoms with Gasteiger partial charge in [-0.25, -0.2) is 4.57 Å². The number of ether oxygens (including phenoxy) is 2. The molecule has 13 heteroatoms. The first-order valence-corrected chi connectivity index (χ1v) is 18.7. The van der Waals surface area contributed by atoms with Gasteiger partial charge < -0.3 is 34.6 Å². The van der Waals surface area contributed by atoms with Crippen molar-refractivity contribution in [3.63, 3.8) is 0 Å². The molecule has 1 saturated carbocycles. The standard InChI is InChI=1S/C33H59O12P/c1-3-5-7-8-9-10-12-18-33(39)45-27(24-44-46(40,41)42)23-43-32(38)17-14-13-16-26(35)21-29-28(30(36)22-31(29)37)20-19-25(34)15-11-6-4-2/h19-20,25,27-31,34,36-37H,3-18,21-24H2,1-2H3,(H2,40,41,42)/b20-19+/t25-,27+,28+,29+,30+,31-/m0/s1. The topological polar surface area (TPSA) is 197 Å². The summed E-state index contributed by atoms with van der Waals surface area (Å²) in [5, 5.41) is 31.0. The minimum atomic E-state index is -4.83. The number of esters is 2. The Morgan fingerprint density at radius 2 is 1.39 bits per heavy atom. The Morgan fingerprint density at radius 1 is 0.804 bits per heavy atom. The van der Waals surface area contributed by atoms with E-state index in [1.807, 2.05) is 0 Å². The molecule has 46 heavy (non-hydrogen) atoms. The summed E-state index contributed by atoms with van der Waals surface area (Å²) < 4.78 is 26.0. The van der Waals surface area contributed by atoms with Crippen LogP contribution in [0.25, 0.3) is 0 Å². The van der Waals surface area contributed by atoms with E-state index in [0.717, 1.165) is 51.4 Å². The maximum Gasteiger partial charge on any atom is 0.469 e. The van der Waals surface area contributed by atoms with Gasteiger partial charge in [0.2, 0.25) is 0 Å². The number of phosphoric acid groups is 1. The Labute approximate surface area is 274 Å². The number of carbonyl (C=O) groups excluding carboxylic acids is 3. The van der Waals surface area contributed by atoms with E-state index in [4.69, 9.17) is 19.3 Å². The summed E-state index contributed by atoms with van der Waals surface area (Å²) >= 11 is 0. The van der Waals surface area contributed by atoms with Crippen LogP contribution in [0.3, 0.4) is 0 Å². The van der Waals surface area contributed by atoms with Crippen molar-refractivity contribution in [1.29, 1.82) is 0 Å². The Morgan fingerprint density at radius 3 is 2.07 bits per heavy atom. The molecule has 0 aromatic heterocycles. The third-order valence-corrected chi connectivity index (χ3v) is 8.75. The second kappa shape index (κ2) is 24.5. The van der Waals surface area contributed by atoms with E-state index in [-0.39, 0.29) is 37.9 Å². The van der Waals surface area contributed by atoms with E-state index in [1.165, 1.54) is 6.42 Å². The van der Waals surface area contributed by atoms with E-state index >= 15 is 0 Å². The Hall–Kier alpha value is -1.66. The van der Waals surface area contributed by atoms with Crippen molar-refractivity contribution in [3.05, 3.63) is 12.2 Å². The first-order chi connectivity index (χ1) is 21.9. The smallest absolute Gasteiger partial charge is 0.462 e. The molecule has 0 aromatic rings. The summed E-state index contributed by atoms with van der Waals surface area (Å²) in [7, 11) is -4.83. The number of hydrogen-bond acceptors (Lipinski definition) is 10. The highest BCUT2D eigenvalue weighted by molar-refractivity contribution is 7.46. The van der Waals surface area contributed by atoms with E-state index in [2.05, 4.69) is 18.4 Å². The number of aliphatic hydroxyl groups is 3. The number of Topliss-reactive ketones (excluding diaryl/α,β-unsaturated/α-hetero) is 1. The van der Waals surface area contributed by atoms with Gasteiger partial charge in [0.05, 0.1) is 24.9 Å². The molecule has 0 unspecified atom stereocenters. The van der Waals surface area contributed by atoms with Crippen LogP contribution < -0.4 is 0 Å². The van der Waals surface area contributed by atoms with Gasteiger partial charge in [-0.2, -0.15) is 0 Å². The van der Waals surface area contributed by atoms with Crippen LogP contribution in [0.2, 0.25) is 0 Å². The highest BCUT2D eigenvalue weighted by Gasteiger charge is 2.41. The minimum absolute atomic E-state index is 0.0165. The van der Waals surface area contributed by atoms with Crippen LogP contribution in [0.4, 0.5) is 0 Å². The minimum Gasteiger partial charge on any atom is -0.462 e.